The molecule has 2 aromatic heterocycles. The summed E-state index contributed by atoms with van der Waals surface area (Å²) >= 11 is 6.03. The van der Waals surface area contributed by atoms with Gasteiger partial charge in [-0.2, -0.15) is 4.39 Å². The highest BCUT2D eigenvalue weighted by atomic mass is 35.5. The van der Waals surface area contributed by atoms with Crippen molar-refractivity contribution >= 4 is 11.6 Å². The fourth-order valence-corrected chi connectivity index (χ4v) is 2.66. The predicted octanol–water partition coefficient (Wildman–Crippen LogP) is 3.53. The van der Waals surface area contributed by atoms with Gasteiger partial charge in [-0.1, -0.05) is 11.6 Å². The number of halogens is 2. The van der Waals surface area contributed by atoms with Crippen LogP contribution in [-0.4, -0.2) is 41.1 Å². The van der Waals surface area contributed by atoms with Crippen molar-refractivity contribution in [3.63, 3.8) is 0 Å². The van der Waals surface area contributed by atoms with Crippen molar-refractivity contribution < 1.29 is 13.9 Å². The van der Waals surface area contributed by atoms with Crippen LogP contribution in [0.4, 0.5) is 4.39 Å². The smallest absolute Gasteiger partial charge is 0.216 e. The van der Waals surface area contributed by atoms with Crippen LogP contribution >= 0.6 is 11.6 Å². The lowest BCUT2D eigenvalue weighted by molar-refractivity contribution is 0.197. The van der Waals surface area contributed by atoms with Gasteiger partial charge in [0, 0.05) is 24.4 Å². The summed E-state index contributed by atoms with van der Waals surface area (Å²) in [4.78, 5) is 9.81. The second kappa shape index (κ2) is 7.10. The Bertz CT molecular complexity index is 686. The maximum atomic E-state index is 13.1. The molecule has 7 heteroatoms. The molecule has 0 spiro atoms. The summed E-state index contributed by atoms with van der Waals surface area (Å²) < 4.78 is 24.5. The van der Waals surface area contributed by atoms with Crippen LogP contribution in [0.1, 0.15) is 12.8 Å². The molecule has 0 unspecified atom stereocenters. The Hall–Kier alpha value is -1.92. The number of pyridine rings is 2. The molecule has 3 rings (SSSR count). The molecule has 3 heterocycles. The number of nitrogens with zero attached hydrogens (tertiary/aromatic N) is 3. The molecule has 1 aliphatic rings. The van der Waals surface area contributed by atoms with Crippen molar-refractivity contribution in [2.45, 2.75) is 18.9 Å². The lowest BCUT2D eigenvalue weighted by atomic mass is 10.2. The first kappa shape index (κ1) is 16.0. The monoisotopic (exact) mass is 337 g/mol. The van der Waals surface area contributed by atoms with Crippen molar-refractivity contribution in [1.29, 1.82) is 0 Å². The summed E-state index contributed by atoms with van der Waals surface area (Å²) in [6.45, 7) is 1.68. The first-order chi connectivity index (χ1) is 11.1. The fraction of sp³-hybridized carbons (Fsp3) is 0.375. The van der Waals surface area contributed by atoms with E-state index in [1.807, 2.05) is 0 Å². The van der Waals surface area contributed by atoms with Gasteiger partial charge in [-0.05, 0) is 32.5 Å². The Labute approximate surface area is 139 Å². The van der Waals surface area contributed by atoms with Crippen LogP contribution in [-0.2, 0) is 0 Å². The minimum absolute atomic E-state index is 0.188. The van der Waals surface area contributed by atoms with E-state index in [-0.39, 0.29) is 5.15 Å². The van der Waals surface area contributed by atoms with Gasteiger partial charge in [0.2, 0.25) is 5.95 Å². The molecule has 0 N–H and O–H groups in total. The van der Waals surface area contributed by atoms with Gasteiger partial charge < -0.3 is 14.4 Å². The van der Waals surface area contributed by atoms with Gasteiger partial charge in [0.1, 0.15) is 18.1 Å². The zero-order chi connectivity index (χ0) is 16.2. The largest absolute Gasteiger partial charge is 0.490 e. The van der Waals surface area contributed by atoms with Gasteiger partial charge in [0.15, 0.2) is 10.9 Å². The van der Waals surface area contributed by atoms with Crippen LogP contribution < -0.4 is 9.47 Å². The molecule has 1 fully saturated rings. The van der Waals surface area contributed by atoms with E-state index in [9.17, 15) is 4.39 Å². The van der Waals surface area contributed by atoms with Gasteiger partial charge in [-0.3, -0.25) is 0 Å². The highest BCUT2D eigenvalue weighted by molar-refractivity contribution is 6.30. The lowest BCUT2D eigenvalue weighted by Gasteiger charge is -2.19. The third-order valence-corrected chi connectivity index (χ3v) is 4.11. The lowest BCUT2D eigenvalue weighted by Crippen LogP contribution is -2.30. The fourth-order valence-electron chi connectivity index (χ4n) is 2.52. The zero-order valence-electron chi connectivity index (χ0n) is 12.7. The predicted molar refractivity (Wildman–Crippen MR) is 84.7 cm³/mol. The van der Waals surface area contributed by atoms with Crippen molar-refractivity contribution in [1.82, 2.24) is 14.9 Å². The number of hydrogen-bond donors (Lipinski definition) is 0. The first-order valence-corrected chi connectivity index (χ1v) is 7.77. The molecule has 1 saturated heterocycles. The summed E-state index contributed by atoms with van der Waals surface area (Å²) in [5.41, 5.74) is 0. The Morgan fingerprint density at radius 3 is 2.96 bits per heavy atom. The van der Waals surface area contributed by atoms with E-state index in [1.165, 1.54) is 18.7 Å². The van der Waals surface area contributed by atoms with Crippen LogP contribution in [0, 0.1) is 5.95 Å². The topological polar surface area (TPSA) is 47.5 Å². The molecule has 1 aliphatic heterocycles. The van der Waals surface area contributed by atoms with Gasteiger partial charge in [-0.15, -0.1) is 0 Å². The molecule has 0 bridgehead atoms. The van der Waals surface area contributed by atoms with Crippen LogP contribution in [0.15, 0.2) is 30.6 Å². The highest BCUT2D eigenvalue weighted by Gasteiger charge is 2.21. The summed E-state index contributed by atoms with van der Waals surface area (Å²) in [5.74, 6) is 0.561. The summed E-state index contributed by atoms with van der Waals surface area (Å²) in [5, 5.41) is 0.188. The van der Waals surface area contributed by atoms with Crippen molar-refractivity contribution in [3.8, 4) is 17.2 Å². The molecule has 23 heavy (non-hydrogen) atoms. The molecule has 0 radical (unpaired) electrons. The number of hydrogen-bond acceptors (Lipinski definition) is 5. The molecule has 0 aromatic carbocycles. The van der Waals surface area contributed by atoms with E-state index in [4.69, 9.17) is 21.1 Å². The maximum Gasteiger partial charge on any atom is 0.216 e. The van der Waals surface area contributed by atoms with Gasteiger partial charge in [0.25, 0.3) is 0 Å². The number of likely N-dealkylation sites (N-methyl/N-ethyl adjacent to an activating group) is 1. The molecular formula is C16H17ClFN3O2. The summed E-state index contributed by atoms with van der Waals surface area (Å²) in [7, 11) is 2.09. The normalized spacial score (nSPS) is 18.1. The van der Waals surface area contributed by atoms with Crippen molar-refractivity contribution in [2.24, 2.45) is 0 Å². The molecule has 2 aromatic rings. The number of aromatic nitrogens is 2. The highest BCUT2D eigenvalue weighted by Crippen LogP contribution is 2.31. The second-order valence-electron chi connectivity index (χ2n) is 5.46. The molecule has 0 saturated carbocycles. The second-order valence-corrected chi connectivity index (χ2v) is 5.82. The number of likely N-dealkylation sites (tertiary alicyclic amines) is 1. The van der Waals surface area contributed by atoms with E-state index in [0.717, 1.165) is 13.0 Å². The van der Waals surface area contributed by atoms with E-state index < -0.39 is 5.95 Å². The third kappa shape index (κ3) is 4.09. The Morgan fingerprint density at radius 1 is 1.35 bits per heavy atom. The Kier molecular flexibility index (Phi) is 4.93. The van der Waals surface area contributed by atoms with E-state index in [2.05, 4.69) is 21.9 Å². The van der Waals surface area contributed by atoms with Crippen LogP contribution in [0.2, 0.25) is 5.15 Å². The minimum Gasteiger partial charge on any atom is -0.490 e. The minimum atomic E-state index is -0.622. The number of rotatable bonds is 5. The molecule has 1 atom stereocenters. The number of ether oxygens (including phenoxy) is 2. The average molecular weight is 338 g/mol. The van der Waals surface area contributed by atoms with Crippen LogP contribution in [0.5, 0.6) is 17.2 Å². The molecular weight excluding hydrogens is 321 g/mol. The summed E-state index contributed by atoms with van der Waals surface area (Å²) in [6.07, 6.45) is 5.18. The average Bonchev–Trinajstić information content (AvgIpc) is 2.93. The van der Waals surface area contributed by atoms with E-state index in [0.29, 0.717) is 29.9 Å². The van der Waals surface area contributed by atoms with Gasteiger partial charge >= 0.3 is 0 Å². The zero-order valence-corrected chi connectivity index (χ0v) is 13.5. The SMILES string of the molecule is CN1CCC[C@H]1COc1cnc(Cl)c(Oc2ccnc(F)c2)c1. The molecule has 5 nitrogen and oxygen atoms in total. The molecule has 0 amide bonds. The first-order valence-electron chi connectivity index (χ1n) is 7.40. The quantitative estimate of drug-likeness (QED) is 0.781. The standard InChI is InChI=1S/C16H17ClFN3O2/c1-21-6-2-3-11(21)10-22-13-7-14(16(17)20-9-13)23-12-4-5-19-15(18)8-12/h4-5,7-9,11H,2-3,6,10H2,1H3/t11-/m0/s1. The van der Waals surface area contributed by atoms with Crippen molar-refractivity contribution in [3.05, 3.63) is 41.7 Å². The van der Waals surface area contributed by atoms with Gasteiger partial charge in [-0.25, -0.2) is 9.97 Å². The van der Waals surface area contributed by atoms with Crippen molar-refractivity contribution in [2.75, 3.05) is 20.2 Å². The van der Waals surface area contributed by atoms with E-state index in [1.54, 1.807) is 18.3 Å². The molecule has 122 valence electrons. The van der Waals surface area contributed by atoms with Crippen LogP contribution in [0.25, 0.3) is 0 Å². The third-order valence-electron chi connectivity index (χ3n) is 3.82. The maximum absolute atomic E-state index is 13.1. The Morgan fingerprint density at radius 2 is 2.22 bits per heavy atom. The summed E-state index contributed by atoms with van der Waals surface area (Å²) in [6, 6.07) is 4.78. The Balaban J connectivity index is 1.68. The molecule has 0 aliphatic carbocycles. The van der Waals surface area contributed by atoms with E-state index >= 15 is 0 Å². The van der Waals surface area contributed by atoms with Gasteiger partial charge in [0.05, 0.1) is 6.20 Å². The van der Waals surface area contributed by atoms with Crippen LogP contribution in [0.3, 0.4) is 0 Å².